The van der Waals surface area contributed by atoms with Gasteiger partial charge in [0.1, 0.15) is 5.76 Å². The van der Waals surface area contributed by atoms with Gasteiger partial charge in [0.25, 0.3) is 5.91 Å². The van der Waals surface area contributed by atoms with Crippen molar-refractivity contribution >= 4 is 21.6 Å². The monoisotopic (exact) mass is 447 g/mol. The number of carbonyl (C=O) groups is 1. The molecule has 2 aliphatic rings. The lowest BCUT2D eigenvalue weighted by atomic mass is 9.75. The Kier molecular flexibility index (Phi) is 6.36. The van der Waals surface area contributed by atoms with Crippen molar-refractivity contribution < 1.29 is 22.8 Å². The van der Waals surface area contributed by atoms with Gasteiger partial charge < -0.3 is 9.32 Å². The Morgan fingerprint density at radius 3 is 2.29 bits per heavy atom. The minimum atomic E-state index is -3.62. The van der Waals surface area contributed by atoms with E-state index < -0.39 is 21.3 Å². The second kappa shape index (κ2) is 9.02. The number of furan rings is 1. The molecule has 0 spiro atoms. The zero-order valence-corrected chi connectivity index (χ0v) is 18.3. The summed E-state index contributed by atoms with van der Waals surface area (Å²) in [5.41, 5.74) is 2.70. The Labute approximate surface area is 182 Å². The van der Waals surface area contributed by atoms with Crippen LogP contribution in [0.1, 0.15) is 32.1 Å². The molecule has 2 N–H and O–H groups in total. The first-order valence-corrected chi connectivity index (χ1v) is 12.4. The van der Waals surface area contributed by atoms with Crippen molar-refractivity contribution in [1.82, 2.24) is 9.79 Å². The van der Waals surface area contributed by atoms with E-state index in [1.54, 1.807) is 11.7 Å². The number of anilines is 1. The molecule has 8 nitrogen and oxygen atoms in total. The zero-order chi connectivity index (χ0) is 21.9. The molecule has 1 aliphatic carbocycles. The molecule has 2 heterocycles. The third-order valence-corrected chi connectivity index (χ3v) is 8.59. The Bertz CT molecular complexity index is 975. The molecule has 1 aromatic heterocycles. The summed E-state index contributed by atoms with van der Waals surface area (Å²) >= 11 is 0. The maximum atomic E-state index is 13.1. The Hall–Kier alpha value is -2.36. The van der Waals surface area contributed by atoms with E-state index in [2.05, 4.69) is 4.90 Å². The van der Waals surface area contributed by atoms with Gasteiger partial charge in [0.05, 0.1) is 17.4 Å². The minimum Gasteiger partial charge on any atom is -0.464 e. The Balaban J connectivity index is 1.40. The average Bonchev–Trinajstić information content (AvgIpc) is 3.34. The molecule has 1 saturated carbocycles. The van der Waals surface area contributed by atoms with Crippen molar-refractivity contribution in [1.29, 1.82) is 0 Å². The summed E-state index contributed by atoms with van der Waals surface area (Å²) in [5.74, 6) is -0.0124. The van der Waals surface area contributed by atoms with Crippen LogP contribution in [0.2, 0.25) is 0 Å². The number of amides is 1. The molecule has 1 saturated heterocycles. The molecule has 168 valence electrons. The highest BCUT2D eigenvalue weighted by molar-refractivity contribution is 7.89. The summed E-state index contributed by atoms with van der Waals surface area (Å²) < 4.78 is 33.2. The lowest BCUT2D eigenvalue weighted by Gasteiger charge is -2.39. The van der Waals surface area contributed by atoms with Crippen molar-refractivity contribution in [3.8, 4) is 11.3 Å². The second-order valence-electron chi connectivity index (χ2n) is 8.45. The number of nitrogens with zero attached hydrogens (tertiary/aromatic N) is 2. The number of sulfonamides is 1. The highest BCUT2D eigenvalue weighted by atomic mass is 32.2. The summed E-state index contributed by atoms with van der Waals surface area (Å²) in [6.45, 7) is 1.91. The lowest BCUT2D eigenvalue weighted by molar-refractivity contribution is -0.140. The van der Waals surface area contributed by atoms with Crippen molar-refractivity contribution in [2.45, 2.75) is 32.1 Å². The van der Waals surface area contributed by atoms with E-state index in [4.69, 9.17) is 4.42 Å². The molecule has 0 unspecified atom stereocenters. The van der Waals surface area contributed by atoms with E-state index in [1.165, 1.54) is 4.31 Å². The van der Waals surface area contributed by atoms with Crippen molar-refractivity contribution in [3.05, 3.63) is 42.7 Å². The number of rotatable bonds is 6. The molecule has 2 fully saturated rings. The van der Waals surface area contributed by atoms with Crippen LogP contribution in [0.25, 0.3) is 11.3 Å². The first-order chi connectivity index (χ1) is 14.9. The molecule has 1 aliphatic heterocycles. The Morgan fingerprint density at radius 2 is 1.71 bits per heavy atom. The number of hydrogen-bond donors (Lipinski definition) is 2. The SMILES string of the molecule is O=C(NO)C1(CS(=O)(=O)N2CCN(c3ccc(-c4ccco4)cc3)CC2)CCCCC1. The van der Waals surface area contributed by atoms with Gasteiger partial charge in [0, 0.05) is 37.4 Å². The third-order valence-electron chi connectivity index (χ3n) is 6.52. The number of hydrogen-bond acceptors (Lipinski definition) is 6. The maximum absolute atomic E-state index is 13.1. The van der Waals surface area contributed by atoms with Gasteiger partial charge in [-0.05, 0) is 49.2 Å². The number of piperazine rings is 1. The van der Waals surface area contributed by atoms with Crippen LogP contribution < -0.4 is 10.4 Å². The summed E-state index contributed by atoms with van der Waals surface area (Å²) in [7, 11) is -3.62. The van der Waals surface area contributed by atoms with Gasteiger partial charge in [-0.25, -0.2) is 13.9 Å². The first kappa shape index (κ1) is 21.9. The molecular weight excluding hydrogens is 418 g/mol. The van der Waals surface area contributed by atoms with Crippen LogP contribution in [-0.4, -0.2) is 55.8 Å². The number of nitrogens with one attached hydrogen (secondary N) is 1. The molecule has 0 radical (unpaired) electrons. The van der Waals surface area contributed by atoms with Gasteiger partial charge in [-0.15, -0.1) is 0 Å². The second-order valence-corrected chi connectivity index (χ2v) is 10.4. The lowest BCUT2D eigenvalue weighted by Crippen LogP contribution is -2.53. The first-order valence-electron chi connectivity index (χ1n) is 10.7. The van der Waals surface area contributed by atoms with Gasteiger partial charge in [0.15, 0.2) is 0 Å². The highest BCUT2D eigenvalue weighted by Crippen LogP contribution is 2.38. The largest absolute Gasteiger partial charge is 0.464 e. The standard InChI is InChI=1S/C22H29N3O5S/c26-21(23-27)22(10-2-1-3-11-22)17-31(28,29)25-14-12-24(13-15-25)19-8-6-18(7-9-19)20-5-4-16-30-20/h4-9,16,27H,1-3,10-15,17H2,(H,23,26). The number of hydroxylamine groups is 1. The van der Waals surface area contributed by atoms with Crippen LogP contribution in [0.15, 0.2) is 47.1 Å². The quantitative estimate of drug-likeness (QED) is 0.521. The minimum absolute atomic E-state index is 0.246. The van der Waals surface area contributed by atoms with E-state index in [9.17, 15) is 18.4 Å². The van der Waals surface area contributed by atoms with Crippen molar-refractivity contribution in [3.63, 3.8) is 0 Å². The fourth-order valence-corrected chi connectivity index (χ4v) is 6.75. The maximum Gasteiger partial charge on any atom is 0.250 e. The average molecular weight is 448 g/mol. The summed E-state index contributed by atoms with van der Waals surface area (Å²) in [6, 6.07) is 11.8. The van der Waals surface area contributed by atoms with Gasteiger partial charge in [-0.1, -0.05) is 19.3 Å². The van der Waals surface area contributed by atoms with Crippen LogP contribution in [0, 0.1) is 5.41 Å². The Morgan fingerprint density at radius 1 is 1.03 bits per heavy atom. The van der Waals surface area contributed by atoms with E-state index in [1.807, 2.05) is 36.4 Å². The summed E-state index contributed by atoms with van der Waals surface area (Å²) in [6.07, 6.45) is 5.19. The predicted molar refractivity (Wildman–Crippen MR) is 117 cm³/mol. The molecule has 1 aromatic carbocycles. The van der Waals surface area contributed by atoms with E-state index in [-0.39, 0.29) is 5.75 Å². The van der Waals surface area contributed by atoms with Crippen LogP contribution >= 0.6 is 0 Å². The molecule has 2 aromatic rings. The van der Waals surface area contributed by atoms with Gasteiger partial charge in [0.2, 0.25) is 10.0 Å². The predicted octanol–water partition coefficient (Wildman–Crippen LogP) is 2.85. The molecule has 9 heteroatoms. The van der Waals surface area contributed by atoms with Crippen LogP contribution in [0.5, 0.6) is 0 Å². The zero-order valence-electron chi connectivity index (χ0n) is 17.5. The van der Waals surface area contributed by atoms with Gasteiger partial charge in [-0.2, -0.15) is 4.31 Å². The highest BCUT2D eigenvalue weighted by Gasteiger charge is 2.45. The smallest absolute Gasteiger partial charge is 0.250 e. The number of carbonyl (C=O) groups excluding carboxylic acids is 1. The van der Waals surface area contributed by atoms with Crippen LogP contribution in [0.4, 0.5) is 5.69 Å². The fraction of sp³-hybridized carbons (Fsp3) is 0.500. The summed E-state index contributed by atoms with van der Waals surface area (Å²) in [5, 5.41) is 9.18. The van der Waals surface area contributed by atoms with Crippen LogP contribution in [0.3, 0.4) is 0 Å². The van der Waals surface area contributed by atoms with Gasteiger partial charge >= 0.3 is 0 Å². The molecule has 0 bridgehead atoms. The number of benzene rings is 1. The molecule has 1 amide bonds. The topological polar surface area (TPSA) is 103 Å². The normalized spacial score (nSPS) is 19.8. The van der Waals surface area contributed by atoms with E-state index in [0.29, 0.717) is 39.0 Å². The third kappa shape index (κ3) is 4.63. The van der Waals surface area contributed by atoms with Gasteiger partial charge in [-0.3, -0.25) is 10.0 Å². The van der Waals surface area contributed by atoms with Crippen LogP contribution in [-0.2, 0) is 14.8 Å². The van der Waals surface area contributed by atoms with E-state index in [0.717, 1.165) is 36.3 Å². The van der Waals surface area contributed by atoms with E-state index >= 15 is 0 Å². The molecule has 4 rings (SSSR count). The van der Waals surface area contributed by atoms with Crippen molar-refractivity contribution in [2.75, 3.05) is 36.8 Å². The molecule has 0 atom stereocenters. The fourth-order valence-electron chi connectivity index (χ4n) is 4.73. The molecule has 31 heavy (non-hydrogen) atoms. The molecular formula is C22H29N3O5S. The van der Waals surface area contributed by atoms with Crippen molar-refractivity contribution in [2.24, 2.45) is 5.41 Å². The summed E-state index contributed by atoms with van der Waals surface area (Å²) in [4.78, 5) is 14.5.